The highest BCUT2D eigenvalue weighted by Gasteiger charge is 2.46. The molecule has 2 aliphatic rings. The Bertz CT molecular complexity index is 900. The second-order valence-electron chi connectivity index (χ2n) is 10.6. The van der Waals surface area contributed by atoms with E-state index in [1.807, 2.05) is 18.2 Å². The second kappa shape index (κ2) is 17.1. The molecular weight excluding hydrogens is 540 g/mol. The summed E-state index contributed by atoms with van der Waals surface area (Å²) in [6.07, 6.45) is -3.99. The number of carboxylic acid groups (broad SMARTS) is 2. The zero-order valence-electron chi connectivity index (χ0n) is 23.5. The van der Waals surface area contributed by atoms with E-state index in [2.05, 4.69) is 12.1 Å². The molecule has 3 rings (SSSR count). The van der Waals surface area contributed by atoms with Crippen LogP contribution >= 0.6 is 0 Å². The number of hydrogen-bond acceptors (Lipinski definition) is 10. The van der Waals surface area contributed by atoms with Gasteiger partial charge >= 0.3 is 11.9 Å². The van der Waals surface area contributed by atoms with Crippen LogP contribution in [0.15, 0.2) is 30.3 Å². The van der Waals surface area contributed by atoms with Crippen molar-refractivity contribution in [3.8, 4) is 0 Å². The summed E-state index contributed by atoms with van der Waals surface area (Å²) >= 11 is 0. The van der Waals surface area contributed by atoms with Crippen molar-refractivity contribution in [2.75, 3.05) is 26.4 Å². The highest BCUT2D eigenvalue weighted by atomic mass is 16.7. The molecule has 2 saturated heterocycles. The van der Waals surface area contributed by atoms with Crippen molar-refractivity contribution in [2.24, 2.45) is 5.92 Å². The first-order chi connectivity index (χ1) is 19.7. The predicted molar refractivity (Wildman–Crippen MR) is 144 cm³/mol. The number of rotatable bonds is 17. The van der Waals surface area contributed by atoms with Crippen LogP contribution in [0.5, 0.6) is 0 Å². The molecule has 0 aliphatic carbocycles. The lowest BCUT2D eigenvalue weighted by Crippen LogP contribution is -2.60. The van der Waals surface area contributed by atoms with Crippen LogP contribution < -0.4 is 0 Å². The van der Waals surface area contributed by atoms with Gasteiger partial charge in [0.15, 0.2) is 12.2 Å². The van der Waals surface area contributed by atoms with Gasteiger partial charge in [0.1, 0.15) is 30.5 Å². The fourth-order valence-electron chi connectivity index (χ4n) is 5.03. The molecule has 0 spiro atoms. The molecule has 0 radical (unpaired) electrons. The van der Waals surface area contributed by atoms with Gasteiger partial charge in [0.05, 0.1) is 18.8 Å². The SMILES string of the molecule is C[C@@H]1O[C@@H](O[C@H]2[C@H](OCCCCC(C(=O)O)C(=O)O)CCO[C@@H]2COCCCCc2ccccc2)[C@@H](O)[C@H](O)[C@@H]1O. The van der Waals surface area contributed by atoms with Gasteiger partial charge in [0.25, 0.3) is 0 Å². The molecule has 0 saturated carbocycles. The van der Waals surface area contributed by atoms with Crippen LogP contribution in [0.1, 0.15) is 51.0 Å². The summed E-state index contributed by atoms with van der Waals surface area (Å²) in [5, 5.41) is 48.9. The summed E-state index contributed by atoms with van der Waals surface area (Å²) in [5.74, 6) is -4.20. The van der Waals surface area contributed by atoms with Gasteiger partial charge < -0.3 is 49.2 Å². The molecule has 0 amide bonds. The summed E-state index contributed by atoms with van der Waals surface area (Å²) < 4.78 is 29.7. The minimum atomic E-state index is -1.49. The van der Waals surface area contributed by atoms with Gasteiger partial charge in [-0.2, -0.15) is 0 Å². The minimum Gasteiger partial charge on any atom is -0.481 e. The Kier molecular flexibility index (Phi) is 13.9. The van der Waals surface area contributed by atoms with E-state index in [1.165, 1.54) is 5.56 Å². The van der Waals surface area contributed by atoms with E-state index in [0.29, 0.717) is 32.5 Å². The third-order valence-electron chi connectivity index (χ3n) is 7.51. The number of ether oxygens (including phenoxy) is 5. The number of unbranched alkanes of at least 4 members (excludes halogenated alkanes) is 2. The Hall–Kier alpha value is -2.16. The monoisotopic (exact) mass is 584 g/mol. The maximum absolute atomic E-state index is 11.1. The van der Waals surface area contributed by atoms with E-state index in [9.17, 15) is 24.9 Å². The van der Waals surface area contributed by atoms with Crippen LogP contribution in [-0.2, 0) is 39.7 Å². The zero-order chi connectivity index (χ0) is 29.8. The van der Waals surface area contributed by atoms with E-state index in [-0.39, 0.29) is 19.6 Å². The number of aliphatic hydroxyl groups excluding tert-OH is 3. The lowest BCUT2D eigenvalue weighted by Gasteiger charge is -2.44. The normalized spacial score (nSPS) is 30.4. The first-order valence-electron chi connectivity index (χ1n) is 14.3. The number of hydrogen-bond donors (Lipinski definition) is 5. The quantitative estimate of drug-likeness (QED) is 0.131. The van der Waals surface area contributed by atoms with Crippen LogP contribution in [0.4, 0.5) is 0 Å². The number of carboxylic acids is 2. The van der Waals surface area contributed by atoms with E-state index in [1.54, 1.807) is 6.92 Å². The van der Waals surface area contributed by atoms with Crippen LogP contribution in [-0.4, -0.2) is 113 Å². The molecule has 0 unspecified atom stereocenters. The van der Waals surface area contributed by atoms with Crippen LogP contribution in [0.2, 0.25) is 0 Å². The van der Waals surface area contributed by atoms with Crippen LogP contribution in [0.25, 0.3) is 0 Å². The number of benzene rings is 1. The molecule has 2 fully saturated rings. The molecule has 1 aromatic rings. The van der Waals surface area contributed by atoms with Crippen molar-refractivity contribution >= 4 is 11.9 Å². The van der Waals surface area contributed by atoms with Gasteiger partial charge in [0.2, 0.25) is 0 Å². The first kappa shape index (κ1) is 33.3. The molecule has 2 heterocycles. The summed E-state index contributed by atoms with van der Waals surface area (Å²) in [5.41, 5.74) is 1.27. The number of aliphatic hydroxyl groups is 3. The van der Waals surface area contributed by atoms with Gasteiger partial charge in [0, 0.05) is 19.8 Å². The molecule has 232 valence electrons. The molecule has 0 aromatic heterocycles. The topological polar surface area (TPSA) is 181 Å². The highest BCUT2D eigenvalue weighted by Crippen LogP contribution is 2.28. The lowest BCUT2D eigenvalue weighted by molar-refractivity contribution is -0.327. The number of carbonyl (C=O) groups is 2. The lowest BCUT2D eigenvalue weighted by atomic mass is 9.98. The van der Waals surface area contributed by atoms with E-state index >= 15 is 0 Å². The van der Waals surface area contributed by atoms with Crippen molar-refractivity contribution < 1.29 is 58.8 Å². The fraction of sp³-hybridized carbons (Fsp3) is 0.724. The Labute approximate surface area is 240 Å². The average molecular weight is 585 g/mol. The van der Waals surface area contributed by atoms with E-state index in [0.717, 1.165) is 19.3 Å². The molecule has 5 N–H and O–H groups in total. The Morgan fingerprint density at radius 2 is 1.66 bits per heavy atom. The van der Waals surface area contributed by atoms with Gasteiger partial charge in [-0.3, -0.25) is 9.59 Å². The molecule has 41 heavy (non-hydrogen) atoms. The Morgan fingerprint density at radius 3 is 2.37 bits per heavy atom. The second-order valence-corrected chi connectivity index (χ2v) is 10.6. The van der Waals surface area contributed by atoms with Gasteiger partial charge in [-0.05, 0) is 57.4 Å². The standard InChI is InChI=1S/C29H44O12/c1-18-23(30)24(31)25(32)29(40-18)41-26-21(38-15-8-6-12-20(27(33)34)28(35)36)13-16-39-22(26)17-37-14-7-5-11-19-9-3-2-4-10-19/h2-4,9-10,18,20-26,29-32H,5-8,11-17H2,1H3,(H,33,34)(H,35,36)/t18-,21+,22+,23+,24+,25-,26-,29-/m0/s1. The van der Waals surface area contributed by atoms with Crippen LogP contribution in [0.3, 0.4) is 0 Å². The third-order valence-corrected chi connectivity index (χ3v) is 7.51. The molecule has 12 heteroatoms. The smallest absolute Gasteiger partial charge is 0.317 e. The summed E-state index contributed by atoms with van der Waals surface area (Å²) in [6, 6.07) is 10.2. The molecule has 12 nitrogen and oxygen atoms in total. The largest absolute Gasteiger partial charge is 0.481 e. The molecule has 0 bridgehead atoms. The zero-order valence-corrected chi connectivity index (χ0v) is 23.5. The molecule has 2 aliphatic heterocycles. The Balaban J connectivity index is 1.54. The molecule has 1 aromatic carbocycles. The first-order valence-corrected chi connectivity index (χ1v) is 14.3. The third kappa shape index (κ3) is 10.3. The highest BCUT2D eigenvalue weighted by molar-refractivity contribution is 5.92. The minimum absolute atomic E-state index is 0.0112. The van der Waals surface area contributed by atoms with Crippen LogP contribution in [0, 0.1) is 5.92 Å². The van der Waals surface area contributed by atoms with Crippen molar-refractivity contribution in [3.05, 3.63) is 35.9 Å². The number of aryl methyl sites for hydroxylation is 1. The summed E-state index contributed by atoms with van der Waals surface area (Å²) in [6.45, 7) is 2.90. The maximum atomic E-state index is 11.1. The van der Waals surface area contributed by atoms with Crippen molar-refractivity contribution in [3.63, 3.8) is 0 Å². The molecular formula is C29H44O12. The van der Waals surface area contributed by atoms with Gasteiger partial charge in [-0.1, -0.05) is 30.3 Å². The Morgan fingerprint density at radius 1 is 0.951 bits per heavy atom. The predicted octanol–water partition coefficient (Wildman–Crippen LogP) is 1.37. The maximum Gasteiger partial charge on any atom is 0.317 e. The van der Waals surface area contributed by atoms with Crippen molar-refractivity contribution in [1.29, 1.82) is 0 Å². The molecule has 8 atom stereocenters. The number of aliphatic carboxylic acids is 2. The van der Waals surface area contributed by atoms with Gasteiger partial charge in [-0.25, -0.2) is 0 Å². The van der Waals surface area contributed by atoms with Crippen molar-refractivity contribution in [1.82, 2.24) is 0 Å². The summed E-state index contributed by atoms with van der Waals surface area (Å²) in [7, 11) is 0. The average Bonchev–Trinajstić information content (AvgIpc) is 2.95. The van der Waals surface area contributed by atoms with E-state index < -0.39 is 66.9 Å². The van der Waals surface area contributed by atoms with Crippen molar-refractivity contribution in [2.45, 2.75) is 101 Å². The fourth-order valence-corrected chi connectivity index (χ4v) is 5.03. The summed E-state index contributed by atoms with van der Waals surface area (Å²) in [4.78, 5) is 22.2. The van der Waals surface area contributed by atoms with Gasteiger partial charge in [-0.15, -0.1) is 0 Å². The van der Waals surface area contributed by atoms with E-state index in [4.69, 9.17) is 33.9 Å².